The fourth-order valence-corrected chi connectivity index (χ4v) is 3.53. The highest BCUT2D eigenvalue weighted by atomic mass is 32.2. The number of nitro benzene ring substituents is 1. The topological polar surface area (TPSA) is 90.4 Å². The van der Waals surface area contributed by atoms with Gasteiger partial charge in [0, 0.05) is 30.6 Å². The number of methoxy groups -OCH3 is 1. The summed E-state index contributed by atoms with van der Waals surface area (Å²) in [4.78, 5) is 15.0. The fourth-order valence-electron chi connectivity index (χ4n) is 2.59. The van der Waals surface area contributed by atoms with Crippen molar-refractivity contribution in [2.24, 2.45) is 0 Å². The lowest BCUT2D eigenvalue weighted by Gasteiger charge is -2.08. The molecule has 8 heteroatoms. The van der Waals surface area contributed by atoms with Crippen LogP contribution in [0, 0.1) is 10.1 Å². The molecule has 3 aromatic rings. The Balaban J connectivity index is 1.75. The Morgan fingerprint density at radius 2 is 2.00 bits per heavy atom. The van der Waals surface area contributed by atoms with Crippen molar-refractivity contribution in [3.63, 3.8) is 0 Å². The molecule has 0 aliphatic rings. The van der Waals surface area contributed by atoms with Gasteiger partial charge in [0.05, 0.1) is 24.3 Å². The maximum atomic E-state index is 10.9. The third-order valence-electron chi connectivity index (χ3n) is 3.95. The van der Waals surface area contributed by atoms with E-state index in [1.165, 1.54) is 17.8 Å². The van der Waals surface area contributed by atoms with Gasteiger partial charge in [-0.3, -0.25) is 10.1 Å². The zero-order valence-electron chi connectivity index (χ0n) is 14.7. The van der Waals surface area contributed by atoms with Gasteiger partial charge < -0.3 is 14.4 Å². The first kappa shape index (κ1) is 18.9. The second-order valence-electron chi connectivity index (χ2n) is 5.86. The van der Waals surface area contributed by atoms with E-state index in [0.717, 1.165) is 22.0 Å². The number of non-ortho nitro benzene ring substituents is 1. The number of ether oxygens (including phenoxy) is 1. The molecule has 0 aliphatic carbocycles. The molecule has 0 aliphatic heterocycles. The van der Waals surface area contributed by atoms with Crippen molar-refractivity contribution >= 4 is 17.4 Å². The Labute approximate surface area is 160 Å². The molecule has 3 rings (SSSR count). The third-order valence-corrected chi connectivity index (χ3v) is 5.01. The molecule has 1 aromatic heterocycles. The molecule has 0 amide bonds. The van der Waals surface area contributed by atoms with Crippen molar-refractivity contribution in [1.82, 2.24) is 9.55 Å². The number of nitro groups is 1. The molecule has 0 fully saturated rings. The van der Waals surface area contributed by atoms with Gasteiger partial charge in [0.2, 0.25) is 0 Å². The number of aromatic nitrogens is 2. The van der Waals surface area contributed by atoms with Crippen LogP contribution in [0.1, 0.15) is 16.8 Å². The molecule has 140 valence electrons. The number of nitrogens with zero attached hydrogens (tertiary/aromatic N) is 3. The molecular formula is C19H19N3O4S. The number of hydrogen-bond donors (Lipinski definition) is 1. The Morgan fingerprint density at radius 1 is 1.22 bits per heavy atom. The highest BCUT2D eigenvalue weighted by Crippen LogP contribution is 2.25. The maximum absolute atomic E-state index is 10.9. The molecule has 0 radical (unpaired) electrons. The lowest BCUT2D eigenvalue weighted by molar-refractivity contribution is -0.384. The summed E-state index contributed by atoms with van der Waals surface area (Å²) in [6.07, 6.45) is 1.82. The number of hydrogen-bond acceptors (Lipinski definition) is 6. The summed E-state index contributed by atoms with van der Waals surface area (Å²) in [6.45, 7) is 0.467. The molecule has 1 N–H and O–H groups in total. The standard InChI is InChI=1S/C19H19N3O4S/c1-26-18-7-5-14(6-8-18)10-21-11-16(12-23)20-19(21)27-13-15-3-2-4-17(9-15)22(24)25/h2-9,11,23H,10,12-13H2,1H3. The van der Waals surface area contributed by atoms with Crippen LogP contribution in [0.15, 0.2) is 59.9 Å². The van der Waals surface area contributed by atoms with E-state index in [0.29, 0.717) is 18.0 Å². The van der Waals surface area contributed by atoms with Gasteiger partial charge in [0.15, 0.2) is 5.16 Å². The van der Waals surface area contributed by atoms with Crippen LogP contribution in [0.5, 0.6) is 5.75 Å². The number of thioether (sulfide) groups is 1. The molecular weight excluding hydrogens is 366 g/mol. The molecule has 0 atom stereocenters. The predicted molar refractivity (Wildman–Crippen MR) is 103 cm³/mol. The monoisotopic (exact) mass is 385 g/mol. The van der Waals surface area contributed by atoms with Gasteiger partial charge in [0.25, 0.3) is 5.69 Å². The van der Waals surface area contributed by atoms with Crippen LogP contribution < -0.4 is 4.74 Å². The number of aliphatic hydroxyl groups is 1. The van der Waals surface area contributed by atoms with Crippen LogP contribution >= 0.6 is 11.8 Å². The lowest BCUT2D eigenvalue weighted by atomic mass is 10.2. The maximum Gasteiger partial charge on any atom is 0.269 e. The molecule has 27 heavy (non-hydrogen) atoms. The SMILES string of the molecule is COc1ccc(Cn2cc(CO)nc2SCc2cccc([N+](=O)[O-])c2)cc1. The van der Waals surface area contributed by atoms with Crippen molar-refractivity contribution in [2.45, 2.75) is 24.1 Å². The van der Waals surface area contributed by atoms with Gasteiger partial charge in [-0.05, 0) is 23.3 Å². The van der Waals surface area contributed by atoms with Crippen molar-refractivity contribution in [1.29, 1.82) is 0 Å². The van der Waals surface area contributed by atoms with Gasteiger partial charge >= 0.3 is 0 Å². The molecule has 0 saturated heterocycles. The molecule has 0 spiro atoms. The van der Waals surface area contributed by atoms with Crippen molar-refractivity contribution in [3.8, 4) is 5.75 Å². The van der Waals surface area contributed by atoms with Gasteiger partial charge in [-0.2, -0.15) is 0 Å². The van der Waals surface area contributed by atoms with Crippen molar-refractivity contribution in [3.05, 3.63) is 81.7 Å². The van der Waals surface area contributed by atoms with Gasteiger partial charge in [-0.15, -0.1) is 0 Å². The quantitative estimate of drug-likeness (QED) is 0.362. The van der Waals surface area contributed by atoms with E-state index in [2.05, 4.69) is 4.98 Å². The van der Waals surface area contributed by atoms with Gasteiger partial charge in [-0.1, -0.05) is 36.0 Å². The molecule has 7 nitrogen and oxygen atoms in total. The van der Waals surface area contributed by atoms with Crippen LogP contribution in [0.4, 0.5) is 5.69 Å². The Bertz CT molecular complexity index is 925. The first-order chi connectivity index (χ1) is 13.1. The predicted octanol–water partition coefficient (Wildman–Crippen LogP) is 3.63. The summed E-state index contributed by atoms with van der Waals surface area (Å²) >= 11 is 1.48. The molecule has 1 heterocycles. The Morgan fingerprint density at radius 3 is 2.67 bits per heavy atom. The zero-order valence-corrected chi connectivity index (χ0v) is 15.6. The van der Waals surface area contributed by atoms with E-state index < -0.39 is 4.92 Å². The van der Waals surface area contributed by atoms with Gasteiger partial charge in [0.1, 0.15) is 5.75 Å². The largest absolute Gasteiger partial charge is 0.497 e. The van der Waals surface area contributed by atoms with E-state index >= 15 is 0 Å². The number of rotatable bonds is 8. The summed E-state index contributed by atoms with van der Waals surface area (Å²) in [5.74, 6) is 1.34. The minimum Gasteiger partial charge on any atom is -0.497 e. The summed E-state index contributed by atoms with van der Waals surface area (Å²) in [7, 11) is 1.63. The number of imidazole rings is 1. The highest BCUT2D eigenvalue weighted by molar-refractivity contribution is 7.98. The fraction of sp³-hybridized carbons (Fsp3) is 0.211. The average molecular weight is 385 g/mol. The second kappa shape index (κ2) is 8.70. The molecule has 2 aromatic carbocycles. The van der Waals surface area contributed by atoms with Crippen LogP contribution in [0.25, 0.3) is 0 Å². The molecule has 0 saturated carbocycles. The summed E-state index contributed by atoms with van der Waals surface area (Å²) < 4.78 is 7.14. The van der Waals surface area contributed by atoms with E-state index in [4.69, 9.17) is 4.74 Å². The van der Waals surface area contributed by atoms with E-state index in [1.54, 1.807) is 19.2 Å². The smallest absolute Gasteiger partial charge is 0.269 e. The van der Waals surface area contributed by atoms with E-state index in [9.17, 15) is 15.2 Å². The second-order valence-corrected chi connectivity index (χ2v) is 6.81. The zero-order chi connectivity index (χ0) is 19.2. The summed E-state index contributed by atoms with van der Waals surface area (Å²) in [5.41, 5.74) is 2.59. The first-order valence-electron chi connectivity index (χ1n) is 8.25. The third kappa shape index (κ3) is 4.87. The van der Waals surface area contributed by atoms with Crippen LogP contribution in [0.2, 0.25) is 0 Å². The molecule has 0 bridgehead atoms. The van der Waals surface area contributed by atoms with E-state index in [1.807, 2.05) is 41.1 Å². The Kier molecular flexibility index (Phi) is 6.10. The van der Waals surface area contributed by atoms with Crippen LogP contribution in [-0.2, 0) is 18.9 Å². The normalized spacial score (nSPS) is 10.7. The summed E-state index contributed by atoms with van der Waals surface area (Å²) in [5, 5.41) is 21.1. The van der Waals surface area contributed by atoms with Gasteiger partial charge in [-0.25, -0.2) is 4.98 Å². The average Bonchev–Trinajstić information content (AvgIpc) is 3.09. The minimum atomic E-state index is -0.400. The van der Waals surface area contributed by atoms with Crippen LogP contribution in [-0.4, -0.2) is 26.7 Å². The van der Waals surface area contributed by atoms with Crippen molar-refractivity contribution < 1.29 is 14.8 Å². The van der Waals surface area contributed by atoms with Crippen LogP contribution in [0.3, 0.4) is 0 Å². The Hall–Kier alpha value is -2.84. The molecule has 0 unspecified atom stereocenters. The lowest BCUT2D eigenvalue weighted by Crippen LogP contribution is -2.00. The van der Waals surface area contributed by atoms with Crippen molar-refractivity contribution in [2.75, 3.05) is 7.11 Å². The minimum absolute atomic E-state index is 0.0747. The first-order valence-corrected chi connectivity index (χ1v) is 9.23. The van der Waals surface area contributed by atoms with E-state index in [-0.39, 0.29) is 12.3 Å². The number of benzene rings is 2. The number of aliphatic hydroxyl groups excluding tert-OH is 1. The highest BCUT2D eigenvalue weighted by Gasteiger charge is 2.11. The summed E-state index contributed by atoms with van der Waals surface area (Å²) in [6, 6.07) is 14.3.